The van der Waals surface area contributed by atoms with Gasteiger partial charge < -0.3 is 19.6 Å². The molecule has 4 rings (SSSR count). The van der Waals surface area contributed by atoms with E-state index in [2.05, 4.69) is 11.9 Å². The van der Waals surface area contributed by atoms with Gasteiger partial charge in [-0.1, -0.05) is 30.3 Å². The Labute approximate surface area is 172 Å². The van der Waals surface area contributed by atoms with Gasteiger partial charge in [0, 0.05) is 42.7 Å². The van der Waals surface area contributed by atoms with Gasteiger partial charge in [-0.3, -0.25) is 4.79 Å². The van der Waals surface area contributed by atoms with Crippen molar-refractivity contribution in [1.29, 1.82) is 0 Å². The molecule has 2 aromatic rings. The number of para-hydroxylation sites is 1. The first-order valence-electron chi connectivity index (χ1n) is 10.4. The van der Waals surface area contributed by atoms with Crippen LogP contribution in [0.2, 0.25) is 0 Å². The van der Waals surface area contributed by atoms with Crippen molar-refractivity contribution >= 4 is 5.91 Å². The molecule has 29 heavy (non-hydrogen) atoms. The van der Waals surface area contributed by atoms with E-state index < -0.39 is 0 Å². The number of rotatable bonds is 3. The fourth-order valence-electron chi connectivity index (χ4n) is 4.99. The molecule has 0 aromatic heterocycles. The van der Waals surface area contributed by atoms with Crippen LogP contribution in [0.1, 0.15) is 29.6 Å². The van der Waals surface area contributed by atoms with Gasteiger partial charge in [-0.2, -0.15) is 0 Å². The van der Waals surface area contributed by atoms with E-state index in [-0.39, 0.29) is 17.4 Å². The number of benzene rings is 2. The number of hydrogen-bond donors (Lipinski definition) is 1. The third kappa shape index (κ3) is 3.89. The second-order valence-corrected chi connectivity index (χ2v) is 8.52. The lowest BCUT2D eigenvalue weighted by atomic mass is 9.71. The quantitative estimate of drug-likeness (QED) is 0.868. The molecule has 0 unspecified atom stereocenters. The number of nitrogens with zero attached hydrogens (tertiary/aromatic N) is 2. The molecule has 0 bridgehead atoms. The fourth-order valence-corrected chi connectivity index (χ4v) is 4.99. The summed E-state index contributed by atoms with van der Waals surface area (Å²) in [6.07, 6.45) is 2.35. The molecule has 5 heteroatoms. The summed E-state index contributed by atoms with van der Waals surface area (Å²) < 4.78 is 5.49. The Morgan fingerprint density at radius 1 is 1.14 bits per heavy atom. The number of piperidine rings is 2. The zero-order chi connectivity index (χ0) is 20.4. The van der Waals surface area contributed by atoms with Crippen molar-refractivity contribution in [2.45, 2.75) is 25.4 Å². The van der Waals surface area contributed by atoms with E-state index in [0.717, 1.165) is 55.8 Å². The molecule has 2 fully saturated rings. The highest BCUT2D eigenvalue weighted by Gasteiger charge is 2.45. The van der Waals surface area contributed by atoms with Gasteiger partial charge in [0.25, 0.3) is 5.91 Å². The van der Waals surface area contributed by atoms with Gasteiger partial charge in [0.2, 0.25) is 0 Å². The minimum atomic E-state index is -0.339. The summed E-state index contributed by atoms with van der Waals surface area (Å²) in [5, 5.41) is 10.7. The normalized spacial score (nSPS) is 25.2. The Morgan fingerprint density at radius 2 is 1.97 bits per heavy atom. The lowest BCUT2D eigenvalue weighted by molar-refractivity contribution is -0.0731. The van der Waals surface area contributed by atoms with Gasteiger partial charge in [-0.15, -0.1) is 0 Å². The van der Waals surface area contributed by atoms with Crippen LogP contribution >= 0.6 is 0 Å². The number of aliphatic hydroxyl groups excluding tert-OH is 1. The van der Waals surface area contributed by atoms with Gasteiger partial charge in [-0.25, -0.2) is 0 Å². The number of amides is 1. The average Bonchev–Trinajstić information content (AvgIpc) is 2.76. The zero-order valence-corrected chi connectivity index (χ0v) is 17.3. The van der Waals surface area contributed by atoms with Crippen LogP contribution in [0.5, 0.6) is 5.75 Å². The number of ether oxygens (including phenoxy) is 1. The van der Waals surface area contributed by atoms with E-state index in [1.54, 1.807) is 7.11 Å². The Balaban J connectivity index is 1.58. The SMILES string of the molecule is COc1ccccc1-c1cccc(C(=O)N2CCC[C@]3(CN(C)CC[C@@H]3O)C2)c1. The second kappa shape index (κ2) is 8.17. The van der Waals surface area contributed by atoms with Gasteiger partial charge in [0.1, 0.15) is 5.75 Å². The number of carbonyl (C=O) groups excluding carboxylic acids is 1. The molecule has 2 aromatic carbocycles. The van der Waals surface area contributed by atoms with Crippen molar-refractivity contribution in [3.8, 4) is 16.9 Å². The Kier molecular flexibility index (Phi) is 5.61. The summed E-state index contributed by atoms with van der Waals surface area (Å²) in [6, 6.07) is 15.6. The van der Waals surface area contributed by atoms with Crippen LogP contribution in [0.4, 0.5) is 0 Å². The summed E-state index contributed by atoms with van der Waals surface area (Å²) in [4.78, 5) is 17.6. The maximum atomic E-state index is 13.4. The molecule has 5 nitrogen and oxygen atoms in total. The first-order valence-corrected chi connectivity index (χ1v) is 10.4. The van der Waals surface area contributed by atoms with Crippen LogP contribution in [0.3, 0.4) is 0 Å². The van der Waals surface area contributed by atoms with Gasteiger partial charge in [0.15, 0.2) is 0 Å². The Hall–Kier alpha value is -2.37. The zero-order valence-electron chi connectivity index (χ0n) is 17.3. The molecule has 1 amide bonds. The molecule has 154 valence electrons. The van der Waals surface area contributed by atoms with Gasteiger partial charge >= 0.3 is 0 Å². The summed E-state index contributed by atoms with van der Waals surface area (Å²) >= 11 is 0. The van der Waals surface area contributed by atoms with Crippen LogP contribution < -0.4 is 4.74 Å². The third-order valence-corrected chi connectivity index (χ3v) is 6.50. The van der Waals surface area contributed by atoms with Crippen LogP contribution in [-0.2, 0) is 0 Å². The Bertz CT molecular complexity index is 884. The third-order valence-electron chi connectivity index (χ3n) is 6.50. The first kappa shape index (κ1) is 19.9. The van der Waals surface area contributed by atoms with E-state index >= 15 is 0 Å². The molecule has 0 radical (unpaired) electrons. The molecule has 0 aliphatic carbocycles. The summed E-state index contributed by atoms with van der Waals surface area (Å²) in [5.74, 6) is 0.837. The molecule has 2 aliphatic rings. The molecule has 2 saturated heterocycles. The molecule has 2 aliphatic heterocycles. The minimum absolute atomic E-state index is 0.0428. The number of likely N-dealkylation sites (tertiary alicyclic amines) is 2. The lowest BCUT2D eigenvalue weighted by Gasteiger charge is -2.50. The van der Waals surface area contributed by atoms with Crippen LogP contribution in [0, 0.1) is 5.41 Å². The lowest BCUT2D eigenvalue weighted by Crippen LogP contribution is -2.59. The van der Waals surface area contributed by atoms with E-state index in [0.29, 0.717) is 12.1 Å². The molecule has 2 atom stereocenters. The predicted molar refractivity (Wildman–Crippen MR) is 114 cm³/mol. The van der Waals surface area contributed by atoms with E-state index in [9.17, 15) is 9.90 Å². The first-order chi connectivity index (χ1) is 14.0. The summed E-state index contributed by atoms with van der Waals surface area (Å²) in [5.41, 5.74) is 2.42. The number of aliphatic hydroxyl groups is 1. The van der Waals surface area contributed by atoms with Crippen molar-refractivity contribution in [3.63, 3.8) is 0 Å². The van der Waals surface area contributed by atoms with E-state index in [4.69, 9.17) is 4.74 Å². The summed E-state index contributed by atoms with van der Waals surface area (Å²) in [6.45, 7) is 3.13. The van der Waals surface area contributed by atoms with E-state index in [1.807, 2.05) is 53.4 Å². The average molecular weight is 395 g/mol. The maximum Gasteiger partial charge on any atom is 0.253 e. The molecule has 0 saturated carbocycles. The largest absolute Gasteiger partial charge is 0.496 e. The monoisotopic (exact) mass is 394 g/mol. The number of carbonyl (C=O) groups is 1. The van der Waals surface area contributed by atoms with Crippen molar-refractivity contribution in [1.82, 2.24) is 9.80 Å². The van der Waals surface area contributed by atoms with E-state index in [1.165, 1.54) is 0 Å². The topological polar surface area (TPSA) is 53.0 Å². The van der Waals surface area contributed by atoms with Crippen molar-refractivity contribution < 1.29 is 14.6 Å². The molecule has 1 spiro atoms. The molecule has 1 N–H and O–H groups in total. The minimum Gasteiger partial charge on any atom is -0.496 e. The van der Waals surface area contributed by atoms with Crippen LogP contribution in [-0.4, -0.2) is 67.3 Å². The Morgan fingerprint density at radius 3 is 2.79 bits per heavy atom. The number of methoxy groups -OCH3 is 1. The van der Waals surface area contributed by atoms with Crippen molar-refractivity contribution in [2.75, 3.05) is 40.3 Å². The van der Waals surface area contributed by atoms with Crippen molar-refractivity contribution in [2.24, 2.45) is 5.41 Å². The molecular weight excluding hydrogens is 364 g/mol. The highest BCUT2D eigenvalue weighted by atomic mass is 16.5. The number of hydrogen-bond acceptors (Lipinski definition) is 4. The van der Waals surface area contributed by atoms with Gasteiger partial charge in [0.05, 0.1) is 13.2 Å². The second-order valence-electron chi connectivity index (χ2n) is 8.52. The smallest absolute Gasteiger partial charge is 0.253 e. The standard InChI is InChI=1S/C24H30N2O3/c1-25-14-11-22(27)24(16-25)12-6-13-26(17-24)23(28)19-8-5-7-18(15-19)20-9-3-4-10-21(20)29-2/h3-5,7-10,15,22,27H,6,11-14,16-17H2,1-2H3/t22-,24-/m0/s1. The molecule has 2 heterocycles. The highest BCUT2D eigenvalue weighted by Crippen LogP contribution is 2.39. The van der Waals surface area contributed by atoms with Crippen LogP contribution in [0.15, 0.2) is 48.5 Å². The highest BCUT2D eigenvalue weighted by molar-refractivity contribution is 5.95. The van der Waals surface area contributed by atoms with Gasteiger partial charge in [-0.05, 0) is 50.1 Å². The fraction of sp³-hybridized carbons (Fsp3) is 0.458. The van der Waals surface area contributed by atoms with Crippen LogP contribution in [0.25, 0.3) is 11.1 Å². The predicted octanol–water partition coefficient (Wildman–Crippen LogP) is 3.28. The maximum absolute atomic E-state index is 13.4. The van der Waals surface area contributed by atoms with Crippen molar-refractivity contribution in [3.05, 3.63) is 54.1 Å². The molecular formula is C24H30N2O3. The summed E-state index contributed by atoms with van der Waals surface area (Å²) in [7, 11) is 3.76.